The maximum atomic E-state index is 13.6. The highest BCUT2D eigenvalue weighted by Gasteiger charge is 2.17. The molecule has 0 fully saturated rings. The molecule has 0 aliphatic heterocycles. The number of nitro groups is 1. The van der Waals surface area contributed by atoms with Crippen molar-refractivity contribution >= 4 is 39.2 Å². The first kappa shape index (κ1) is 18.5. The third-order valence-corrected chi connectivity index (χ3v) is 3.75. The number of anilines is 1. The summed E-state index contributed by atoms with van der Waals surface area (Å²) < 4.78 is 18.9. The lowest BCUT2D eigenvalue weighted by Gasteiger charge is -2.09. The van der Waals surface area contributed by atoms with Gasteiger partial charge in [-0.3, -0.25) is 14.9 Å². The zero-order valence-corrected chi connectivity index (χ0v) is 14.5. The maximum absolute atomic E-state index is 13.6. The van der Waals surface area contributed by atoms with E-state index in [1.807, 2.05) is 0 Å². The fourth-order valence-corrected chi connectivity index (χ4v) is 2.34. The first-order chi connectivity index (χ1) is 11.8. The van der Waals surface area contributed by atoms with Crippen LogP contribution in [0, 0.1) is 22.9 Å². The third kappa shape index (κ3) is 4.60. The van der Waals surface area contributed by atoms with Gasteiger partial charge in [-0.15, -0.1) is 0 Å². The number of rotatable bonds is 5. The van der Waals surface area contributed by atoms with Crippen molar-refractivity contribution in [3.05, 3.63) is 67.9 Å². The summed E-state index contributed by atoms with van der Waals surface area (Å²) in [6.45, 7) is 0.827. The monoisotopic (exact) mass is 410 g/mol. The number of halogens is 2. The average Bonchev–Trinajstić information content (AvgIpc) is 2.54. The largest absolute Gasteiger partial charge is 0.452 e. The molecule has 9 heteroatoms. The van der Waals surface area contributed by atoms with E-state index < -0.39 is 29.2 Å². The Morgan fingerprint density at radius 3 is 2.68 bits per heavy atom. The molecule has 0 atom stereocenters. The van der Waals surface area contributed by atoms with Gasteiger partial charge in [0, 0.05) is 10.5 Å². The van der Waals surface area contributed by atoms with Crippen LogP contribution in [0.3, 0.4) is 0 Å². The van der Waals surface area contributed by atoms with Gasteiger partial charge in [-0.25, -0.2) is 9.18 Å². The number of carbonyl (C=O) groups is 2. The Labute approximate surface area is 150 Å². The highest BCUT2D eigenvalue weighted by Crippen LogP contribution is 2.25. The quantitative estimate of drug-likeness (QED) is 0.461. The van der Waals surface area contributed by atoms with Crippen molar-refractivity contribution in [2.45, 2.75) is 6.92 Å². The summed E-state index contributed by atoms with van der Waals surface area (Å²) in [6, 6.07) is 8.00. The Kier molecular flexibility index (Phi) is 5.81. The number of benzene rings is 2. The van der Waals surface area contributed by atoms with E-state index in [0.29, 0.717) is 4.47 Å². The summed E-state index contributed by atoms with van der Waals surface area (Å²) in [6.07, 6.45) is 0. The zero-order chi connectivity index (χ0) is 18.6. The standard InChI is InChI=1S/C16H12BrFN2O5/c1-9-13(3-2-4-14(9)20(23)24)19-15(21)8-25-16(22)11-6-5-10(17)7-12(11)18/h2-7H,8H2,1H3,(H,19,21). The fourth-order valence-electron chi connectivity index (χ4n) is 2.01. The molecule has 0 heterocycles. The fraction of sp³-hybridized carbons (Fsp3) is 0.125. The minimum absolute atomic E-state index is 0.147. The van der Waals surface area contributed by atoms with Crippen molar-refractivity contribution < 1.29 is 23.6 Å². The number of nitrogens with one attached hydrogen (secondary N) is 1. The van der Waals surface area contributed by atoms with Gasteiger partial charge in [0.25, 0.3) is 11.6 Å². The molecule has 0 unspecified atom stereocenters. The Balaban J connectivity index is 2.00. The first-order valence-electron chi connectivity index (χ1n) is 6.95. The molecule has 2 rings (SSSR count). The molecule has 0 saturated carbocycles. The van der Waals surface area contributed by atoms with Crippen molar-refractivity contribution in [3.63, 3.8) is 0 Å². The molecule has 2 aromatic carbocycles. The van der Waals surface area contributed by atoms with E-state index in [1.54, 1.807) is 0 Å². The van der Waals surface area contributed by atoms with Crippen LogP contribution in [0.2, 0.25) is 0 Å². The summed E-state index contributed by atoms with van der Waals surface area (Å²) in [5.41, 5.74) is 0.0467. The number of hydrogen-bond donors (Lipinski definition) is 1. The van der Waals surface area contributed by atoms with E-state index in [1.165, 1.54) is 37.3 Å². The van der Waals surface area contributed by atoms with Crippen LogP contribution in [0.15, 0.2) is 40.9 Å². The number of esters is 1. The Morgan fingerprint density at radius 1 is 1.32 bits per heavy atom. The third-order valence-electron chi connectivity index (χ3n) is 3.26. The summed E-state index contributed by atoms with van der Waals surface area (Å²) in [7, 11) is 0. The molecule has 0 bridgehead atoms. The van der Waals surface area contributed by atoms with Crippen molar-refractivity contribution in [3.8, 4) is 0 Å². The molecule has 2 aromatic rings. The minimum Gasteiger partial charge on any atom is -0.452 e. The highest BCUT2D eigenvalue weighted by molar-refractivity contribution is 9.10. The molecular weight excluding hydrogens is 399 g/mol. The van der Waals surface area contributed by atoms with Gasteiger partial charge in [0.05, 0.1) is 21.7 Å². The Hall–Kier alpha value is -2.81. The van der Waals surface area contributed by atoms with Crippen molar-refractivity contribution in [2.24, 2.45) is 0 Å². The van der Waals surface area contributed by atoms with E-state index in [-0.39, 0.29) is 22.5 Å². The molecule has 0 aliphatic rings. The molecule has 0 radical (unpaired) electrons. The van der Waals surface area contributed by atoms with E-state index >= 15 is 0 Å². The van der Waals surface area contributed by atoms with Crippen molar-refractivity contribution in [1.29, 1.82) is 0 Å². The minimum atomic E-state index is -0.990. The maximum Gasteiger partial charge on any atom is 0.341 e. The highest BCUT2D eigenvalue weighted by atomic mass is 79.9. The Morgan fingerprint density at radius 2 is 2.04 bits per heavy atom. The van der Waals surface area contributed by atoms with Gasteiger partial charge in [-0.05, 0) is 31.2 Å². The summed E-state index contributed by atoms with van der Waals surface area (Å²) in [4.78, 5) is 34.0. The second-order valence-electron chi connectivity index (χ2n) is 4.96. The molecule has 0 aliphatic carbocycles. The number of hydrogen-bond acceptors (Lipinski definition) is 5. The van der Waals surface area contributed by atoms with Crippen LogP contribution in [0.5, 0.6) is 0 Å². The molecule has 25 heavy (non-hydrogen) atoms. The van der Waals surface area contributed by atoms with Crippen LogP contribution in [-0.4, -0.2) is 23.4 Å². The first-order valence-corrected chi connectivity index (χ1v) is 7.75. The molecule has 1 N–H and O–H groups in total. The molecule has 0 saturated heterocycles. The number of ether oxygens (including phenoxy) is 1. The molecule has 0 aromatic heterocycles. The summed E-state index contributed by atoms with van der Waals surface area (Å²) in [5, 5.41) is 13.3. The topological polar surface area (TPSA) is 98.5 Å². The van der Waals surface area contributed by atoms with Crippen LogP contribution in [0.4, 0.5) is 15.8 Å². The van der Waals surface area contributed by atoms with E-state index in [2.05, 4.69) is 21.2 Å². The zero-order valence-electron chi connectivity index (χ0n) is 12.9. The van der Waals surface area contributed by atoms with Crippen molar-refractivity contribution in [1.82, 2.24) is 0 Å². The number of nitro benzene ring substituents is 1. The average molecular weight is 411 g/mol. The predicted molar refractivity (Wildman–Crippen MR) is 90.8 cm³/mol. The van der Waals surface area contributed by atoms with Crippen LogP contribution in [0.25, 0.3) is 0 Å². The number of carbonyl (C=O) groups excluding carboxylic acids is 2. The SMILES string of the molecule is Cc1c(NC(=O)COC(=O)c2ccc(Br)cc2F)cccc1[N+](=O)[O-]. The van der Waals surface area contributed by atoms with Gasteiger partial charge in [0.1, 0.15) is 5.82 Å². The molecule has 7 nitrogen and oxygen atoms in total. The number of nitrogens with zero attached hydrogens (tertiary/aromatic N) is 1. The smallest absolute Gasteiger partial charge is 0.341 e. The van der Waals surface area contributed by atoms with Gasteiger partial charge in [-0.2, -0.15) is 0 Å². The molecule has 0 spiro atoms. The van der Waals surface area contributed by atoms with Gasteiger partial charge in [-0.1, -0.05) is 22.0 Å². The van der Waals surface area contributed by atoms with Gasteiger partial charge < -0.3 is 10.1 Å². The Bertz CT molecular complexity index is 856. The lowest BCUT2D eigenvalue weighted by molar-refractivity contribution is -0.385. The van der Waals surface area contributed by atoms with Crippen LogP contribution in [-0.2, 0) is 9.53 Å². The van der Waals surface area contributed by atoms with Crippen molar-refractivity contribution in [2.75, 3.05) is 11.9 Å². The van der Waals surface area contributed by atoms with E-state index in [4.69, 9.17) is 4.74 Å². The predicted octanol–water partition coefficient (Wildman–Crippen LogP) is 3.60. The lowest BCUT2D eigenvalue weighted by atomic mass is 10.1. The molecule has 1 amide bonds. The summed E-state index contributed by atoms with van der Waals surface area (Å²) >= 11 is 3.06. The number of amides is 1. The van der Waals surface area contributed by atoms with Crippen LogP contribution >= 0.6 is 15.9 Å². The van der Waals surface area contributed by atoms with Crippen LogP contribution < -0.4 is 5.32 Å². The normalized spacial score (nSPS) is 10.2. The van der Waals surface area contributed by atoms with Crippen LogP contribution in [0.1, 0.15) is 15.9 Å². The molecular formula is C16H12BrFN2O5. The van der Waals surface area contributed by atoms with Gasteiger partial charge >= 0.3 is 5.97 Å². The van der Waals surface area contributed by atoms with E-state index in [9.17, 15) is 24.1 Å². The lowest BCUT2D eigenvalue weighted by Crippen LogP contribution is -2.21. The second kappa shape index (κ2) is 7.84. The molecule has 130 valence electrons. The summed E-state index contributed by atoms with van der Waals surface area (Å²) in [5.74, 6) is -2.47. The van der Waals surface area contributed by atoms with E-state index in [0.717, 1.165) is 6.07 Å². The second-order valence-corrected chi connectivity index (χ2v) is 5.87. The van der Waals surface area contributed by atoms with Gasteiger partial charge in [0.15, 0.2) is 6.61 Å². The van der Waals surface area contributed by atoms with Gasteiger partial charge in [0.2, 0.25) is 0 Å².